The molecule has 2 aromatic heterocycles. The van der Waals surface area contributed by atoms with Crippen molar-refractivity contribution in [2.75, 3.05) is 18.0 Å². The molecule has 1 saturated heterocycles. The van der Waals surface area contributed by atoms with Gasteiger partial charge in [0.05, 0.1) is 12.4 Å². The van der Waals surface area contributed by atoms with Crippen molar-refractivity contribution in [2.24, 2.45) is 5.73 Å². The predicted molar refractivity (Wildman–Crippen MR) is 174 cm³/mol. The normalized spacial score (nSPS) is 14.5. The lowest BCUT2D eigenvalue weighted by molar-refractivity contribution is 0.0942. The zero-order chi connectivity index (χ0) is 30.9. The van der Waals surface area contributed by atoms with Gasteiger partial charge in [0, 0.05) is 65.2 Å². The van der Waals surface area contributed by atoms with Crippen LogP contribution in [-0.4, -0.2) is 44.7 Å². The molecule has 4 aromatic carbocycles. The van der Waals surface area contributed by atoms with Gasteiger partial charge in [0.2, 0.25) is 0 Å². The highest BCUT2D eigenvalue weighted by molar-refractivity contribution is 5.97. The number of amides is 1. The highest BCUT2D eigenvalue weighted by Gasteiger charge is 2.24. The van der Waals surface area contributed by atoms with Crippen LogP contribution in [0.5, 0.6) is 5.75 Å². The minimum Gasteiger partial charge on any atom is -0.508 e. The summed E-state index contributed by atoms with van der Waals surface area (Å²) in [5.41, 5.74) is 12.0. The molecule has 6 aromatic rings. The summed E-state index contributed by atoms with van der Waals surface area (Å²) in [5.74, 6) is -1.02. The molecule has 7 rings (SSSR count). The van der Waals surface area contributed by atoms with Crippen molar-refractivity contribution in [3.8, 4) is 22.6 Å². The van der Waals surface area contributed by atoms with Gasteiger partial charge < -0.3 is 30.6 Å². The van der Waals surface area contributed by atoms with E-state index in [0.717, 1.165) is 59.3 Å². The number of nitrogens with zero attached hydrogens (tertiary/aromatic N) is 3. The molecule has 1 amide bonds. The maximum absolute atomic E-state index is 14.5. The van der Waals surface area contributed by atoms with Crippen LogP contribution < -0.4 is 16.0 Å². The summed E-state index contributed by atoms with van der Waals surface area (Å²) < 4.78 is 16.3. The maximum Gasteiger partial charge on any atom is 0.252 e. The highest BCUT2D eigenvalue weighted by atomic mass is 19.1. The fraction of sp³-hybridized carbons (Fsp3) is 0.167. The van der Waals surface area contributed by atoms with Crippen LogP contribution in [0.4, 0.5) is 10.1 Å². The average Bonchev–Trinajstić information content (AvgIpc) is 3.76. The molecule has 5 N–H and O–H groups in total. The smallest absolute Gasteiger partial charge is 0.252 e. The van der Waals surface area contributed by atoms with Crippen molar-refractivity contribution in [2.45, 2.75) is 24.9 Å². The summed E-state index contributed by atoms with van der Waals surface area (Å²) in [6, 6.07) is 26.7. The molecule has 0 saturated carbocycles. The van der Waals surface area contributed by atoms with Gasteiger partial charge in [-0.15, -0.1) is 0 Å². The molecule has 3 heterocycles. The third-order valence-electron chi connectivity index (χ3n) is 8.53. The zero-order valence-corrected chi connectivity index (χ0v) is 24.5. The van der Waals surface area contributed by atoms with Crippen molar-refractivity contribution < 1.29 is 14.3 Å². The van der Waals surface area contributed by atoms with E-state index in [4.69, 9.17) is 5.73 Å². The molecule has 0 unspecified atom stereocenters. The van der Waals surface area contributed by atoms with Crippen LogP contribution >= 0.6 is 0 Å². The number of imidazole rings is 1. The van der Waals surface area contributed by atoms with Gasteiger partial charge in [-0.25, -0.2) is 9.37 Å². The first kappa shape index (κ1) is 28.4. The van der Waals surface area contributed by atoms with Crippen LogP contribution in [0.3, 0.4) is 0 Å². The molecule has 45 heavy (non-hydrogen) atoms. The number of hydrogen-bond donors (Lipinski definition) is 4. The Morgan fingerprint density at radius 2 is 1.76 bits per heavy atom. The standard InChI is InChI=1S/C36H33FN6O2/c37-27-7-10-34(44)31(21-27)35(33-20-24-3-1-2-4-32(24)40-33)41-36(45)26-17-25(18-30(19-26)43-16-13-39-22-43)23-5-8-29(9-6-23)42-14-11-28(38)12-15-42/h1-10,13,16-22,28,35,40,44H,11-12,14-15,38H2,(H,41,45)/t35-/m1/s1. The number of phenolic OH excluding ortho intramolecular Hbond substituents is 1. The number of carbonyl (C=O) groups is 1. The fourth-order valence-corrected chi connectivity index (χ4v) is 6.04. The second-order valence-corrected chi connectivity index (χ2v) is 11.5. The van der Waals surface area contributed by atoms with Gasteiger partial charge >= 0.3 is 0 Å². The molecule has 226 valence electrons. The summed E-state index contributed by atoms with van der Waals surface area (Å²) in [6.07, 6.45) is 7.14. The number of H-pyrrole nitrogens is 1. The highest BCUT2D eigenvalue weighted by Crippen LogP contribution is 2.33. The number of rotatable bonds is 7. The monoisotopic (exact) mass is 600 g/mol. The molecule has 1 atom stereocenters. The third-order valence-corrected chi connectivity index (χ3v) is 8.53. The van der Waals surface area contributed by atoms with Crippen molar-refractivity contribution in [3.63, 3.8) is 0 Å². The molecular weight excluding hydrogens is 567 g/mol. The van der Waals surface area contributed by atoms with Gasteiger partial charge in [0.15, 0.2) is 0 Å². The number of hydrogen-bond acceptors (Lipinski definition) is 5. The van der Waals surface area contributed by atoms with E-state index in [9.17, 15) is 14.3 Å². The van der Waals surface area contributed by atoms with Gasteiger partial charge in [0.1, 0.15) is 11.6 Å². The lowest BCUT2D eigenvalue weighted by Crippen LogP contribution is -2.39. The number of nitrogens with one attached hydrogen (secondary N) is 2. The van der Waals surface area contributed by atoms with Gasteiger partial charge in [-0.05, 0) is 90.0 Å². The van der Waals surface area contributed by atoms with Crippen molar-refractivity contribution in [1.29, 1.82) is 0 Å². The van der Waals surface area contributed by atoms with Gasteiger partial charge in [0.25, 0.3) is 5.91 Å². The van der Waals surface area contributed by atoms with E-state index in [1.807, 2.05) is 53.2 Å². The number of nitrogens with two attached hydrogens (primary N) is 1. The number of para-hydroxylation sites is 1. The Kier molecular flexibility index (Phi) is 7.52. The summed E-state index contributed by atoms with van der Waals surface area (Å²) in [7, 11) is 0. The summed E-state index contributed by atoms with van der Waals surface area (Å²) in [4.78, 5) is 23.9. The van der Waals surface area contributed by atoms with Gasteiger partial charge in [-0.1, -0.05) is 30.3 Å². The number of anilines is 1. The Labute approximate surface area is 260 Å². The molecule has 9 heteroatoms. The zero-order valence-electron chi connectivity index (χ0n) is 24.5. The Morgan fingerprint density at radius 1 is 0.956 bits per heavy atom. The molecule has 1 fully saturated rings. The molecule has 1 aliphatic rings. The Hall–Kier alpha value is -5.41. The third kappa shape index (κ3) is 5.90. The van der Waals surface area contributed by atoms with E-state index in [-0.39, 0.29) is 23.3 Å². The molecule has 0 aliphatic carbocycles. The quantitative estimate of drug-likeness (QED) is 0.172. The number of halogens is 1. The first-order valence-corrected chi connectivity index (χ1v) is 15.0. The van der Waals surface area contributed by atoms with E-state index < -0.39 is 11.9 Å². The number of phenols is 1. The van der Waals surface area contributed by atoms with Crippen LogP contribution in [0.15, 0.2) is 110 Å². The Bertz CT molecular complexity index is 1930. The minimum absolute atomic E-state index is 0.121. The molecule has 1 aliphatic heterocycles. The molecule has 0 spiro atoms. The lowest BCUT2D eigenvalue weighted by atomic mass is 9.99. The molecule has 0 radical (unpaired) electrons. The number of aromatic hydroxyl groups is 1. The summed E-state index contributed by atoms with van der Waals surface area (Å²) in [5, 5.41) is 14.8. The van der Waals surface area contributed by atoms with E-state index in [0.29, 0.717) is 11.3 Å². The average molecular weight is 601 g/mol. The maximum atomic E-state index is 14.5. The summed E-state index contributed by atoms with van der Waals surface area (Å²) in [6.45, 7) is 1.86. The lowest BCUT2D eigenvalue weighted by Gasteiger charge is -2.32. The van der Waals surface area contributed by atoms with Crippen LogP contribution in [0, 0.1) is 5.82 Å². The van der Waals surface area contributed by atoms with Crippen molar-refractivity contribution in [3.05, 3.63) is 132 Å². The van der Waals surface area contributed by atoms with Crippen LogP contribution in [0.2, 0.25) is 0 Å². The molecular formula is C36H33FN6O2. The largest absolute Gasteiger partial charge is 0.508 e. The van der Waals surface area contributed by atoms with E-state index in [1.165, 1.54) is 18.2 Å². The van der Waals surface area contributed by atoms with Gasteiger partial charge in [-0.3, -0.25) is 4.79 Å². The van der Waals surface area contributed by atoms with E-state index in [1.54, 1.807) is 18.6 Å². The SMILES string of the molecule is NC1CCN(c2ccc(-c3cc(C(=O)N[C@@H](c4cc5ccccc5[nH]4)c4cc(F)ccc4O)cc(-n4ccnc4)c3)cc2)CC1. The second kappa shape index (κ2) is 11.9. The topological polar surface area (TPSA) is 112 Å². The summed E-state index contributed by atoms with van der Waals surface area (Å²) >= 11 is 0. The van der Waals surface area contributed by atoms with Crippen molar-refractivity contribution >= 4 is 22.5 Å². The first-order valence-electron chi connectivity index (χ1n) is 15.0. The number of aromatic amines is 1. The number of piperidine rings is 1. The predicted octanol–water partition coefficient (Wildman–Crippen LogP) is 6.31. The Morgan fingerprint density at radius 3 is 2.51 bits per heavy atom. The number of carbonyl (C=O) groups excluding carboxylic acids is 1. The first-order chi connectivity index (χ1) is 21.9. The van der Waals surface area contributed by atoms with Crippen LogP contribution in [-0.2, 0) is 0 Å². The van der Waals surface area contributed by atoms with Gasteiger partial charge in [-0.2, -0.15) is 0 Å². The fourth-order valence-electron chi connectivity index (χ4n) is 6.04. The molecule has 8 nitrogen and oxygen atoms in total. The Balaban J connectivity index is 1.25. The van der Waals surface area contributed by atoms with E-state index >= 15 is 0 Å². The second-order valence-electron chi connectivity index (χ2n) is 11.5. The number of aromatic nitrogens is 3. The minimum atomic E-state index is -0.849. The van der Waals surface area contributed by atoms with Crippen LogP contribution in [0.25, 0.3) is 27.7 Å². The van der Waals surface area contributed by atoms with E-state index in [2.05, 4.69) is 44.5 Å². The number of fused-ring (bicyclic) bond motifs is 1. The number of benzene rings is 4. The van der Waals surface area contributed by atoms with Crippen molar-refractivity contribution in [1.82, 2.24) is 19.9 Å². The van der Waals surface area contributed by atoms with Crippen LogP contribution in [0.1, 0.15) is 40.5 Å². The molecule has 0 bridgehead atoms.